The van der Waals surface area contributed by atoms with Crippen LogP contribution in [-0.2, 0) is 15.7 Å². The zero-order valence-electron chi connectivity index (χ0n) is 20.9. The van der Waals surface area contributed by atoms with Gasteiger partial charge in [0.15, 0.2) is 17.4 Å². The van der Waals surface area contributed by atoms with Crippen molar-refractivity contribution in [1.82, 2.24) is 9.21 Å². The van der Waals surface area contributed by atoms with E-state index in [0.717, 1.165) is 0 Å². The van der Waals surface area contributed by atoms with Crippen molar-refractivity contribution in [1.29, 1.82) is 0 Å². The zero-order valence-corrected chi connectivity index (χ0v) is 22.4. The molecule has 2 heterocycles. The number of ether oxygens (including phenoxy) is 2. The molecule has 0 radical (unpaired) electrons. The molecule has 0 aromatic heterocycles. The molecule has 0 bridgehead atoms. The highest BCUT2D eigenvalue weighted by atomic mass is 35.5. The normalized spacial score (nSPS) is 19.5. The second-order valence-electron chi connectivity index (χ2n) is 10.3. The van der Waals surface area contributed by atoms with Gasteiger partial charge in [0.1, 0.15) is 5.60 Å². The van der Waals surface area contributed by atoms with Crippen LogP contribution in [0.2, 0.25) is 0 Å². The van der Waals surface area contributed by atoms with Crippen LogP contribution < -0.4 is 4.74 Å². The number of piperidine rings is 2. The van der Waals surface area contributed by atoms with Gasteiger partial charge >= 0.3 is 6.09 Å². The van der Waals surface area contributed by atoms with E-state index in [1.807, 2.05) is 25.1 Å². The molecule has 2 fully saturated rings. The number of carbonyl (C=O) groups excluding carboxylic acids is 1. The summed E-state index contributed by atoms with van der Waals surface area (Å²) in [6, 6.07) is 2.74. The number of benzene rings is 1. The molecular formula is C25H37ClF2N2O4S. The molecule has 6 nitrogen and oxygen atoms in total. The van der Waals surface area contributed by atoms with Gasteiger partial charge in [-0.3, -0.25) is 0 Å². The molecule has 1 aromatic rings. The quantitative estimate of drug-likeness (QED) is 0.415. The van der Waals surface area contributed by atoms with E-state index in [2.05, 4.69) is 0 Å². The summed E-state index contributed by atoms with van der Waals surface area (Å²) < 4.78 is 54.7. The third-order valence-electron chi connectivity index (χ3n) is 6.42. The lowest BCUT2D eigenvalue weighted by atomic mass is 9.90. The number of rotatable bonds is 8. The third kappa shape index (κ3) is 8.29. The number of alkyl halides is 1. The monoisotopic (exact) mass is 534 g/mol. The molecule has 3 rings (SSSR count). The van der Waals surface area contributed by atoms with Crippen molar-refractivity contribution in [3.63, 3.8) is 0 Å². The van der Waals surface area contributed by atoms with E-state index in [1.165, 1.54) is 12.1 Å². The van der Waals surface area contributed by atoms with Crippen molar-refractivity contribution in [3.8, 4) is 5.75 Å². The fourth-order valence-electron chi connectivity index (χ4n) is 4.46. The number of hydrogen-bond acceptors (Lipinski definition) is 4. The highest BCUT2D eigenvalue weighted by Crippen LogP contribution is 2.33. The molecule has 1 unspecified atom stereocenters. The second kappa shape index (κ2) is 12.7. The number of halogens is 3. The molecule has 2 saturated heterocycles. The van der Waals surface area contributed by atoms with E-state index < -0.39 is 28.2 Å². The van der Waals surface area contributed by atoms with Gasteiger partial charge in [0.2, 0.25) is 0 Å². The van der Waals surface area contributed by atoms with E-state index >= 15 is 0 Å². The molecule has 198 valence electrons. The molecular weight excluding hydrogens is 498 g/mol. The van der Waals surface area contributed by atoms with Gasteiger partial charge in [0, 0.05) is 37.8 Å². The van der Waals surface area contributed by atoms with E-state index in [9.17, 15) is 17.8 Å². The van der Waals surface area contributed by atoms with Crippen LogP contribution in [0, 0.1) is 17.6 Å². The number of hydrogen-bond donors (Lipinski definition) is 0. The fraction of sp³-hybridized carbons (Fsp3) is 0.720. The highest BCUT2D eigenvalue weighted by molar-refractivity contribution is 7.82. The van der Waals surface area contributed by atoms with Gasteiger partial charge in [-0.25, -0.2) is 22.1 Å². The van der Waals surface area contributed by atoms with Crippen molar-refractivity contribution >= 4 is 28.7 Å². The van der Waals surface area contributed by atoms with Crippen LogP contribution >= 0.6 is 11.6 Å². The zero-order chi connectivity index (χ0) is 25.6. The third-order valence-corrected chi connectivity index (χ3v) is 8.26. The van der Waals surface area contributed by atoms with Crippen LogP contribution in [0.5, 0.6) is 5.75 Å². The Hall–Kier alpha value is -1.45. The Labute approximate surface area is 214 Å². The largest absolute Gasteiger partial charge is 0.487 e. The maximum absolute atomic E-state index is 14.8. The SMILES string of the molecule is CC(C)(C)OC(=O)N1CCC(COc2c(F)cc(C3CCN(S(=O)CCCCl)CC3)cc2F)CC1. The summed E-state index contributed by atoms with van der Waals surface area (Å²) in [4.78, 5) is 13.9. The minimum atomic E-state index is -1.05. The first-order valence-electron chi connectivity index (χ1n) is 12.4. The Morgan fingerprint density at radius 3 is 2.23 bits per heavy atom. The van der Waals surface area contributed by atoms with Crippen molar-refractivity contribution in [2.75, 3.05) is 44.4 Å². The maximum Gasteiger partial charge on any atom is 0.410 e. The second-order valence-corrected chi connectivity index (χ2v) is 12.3. The van der Waals surface area contributed by atoms with Crippen LogP contribution in [0.25, 0.3) is 0 Å². The lowest BCUT2D eigenvalue weighted by Gasteiger charge is -2.33. The summed E-state index contributed by atoms with van der Waals surface area (Å²) >= 11 is 5.68. The van der Waals surface area contributed by atoms with Gasteiger partial charge < -0.3 is 14.4 Å². The molecule has 1 aromatic carbocycles. The molecule has 1 atom stereocenters. The van der Waals surface area contributed by atoms with Gasteiger partial charge in [0.25, 0.3) is 0 Å². The van der Waals surface area contributed by atoms with Crippen LogP contribution in [-0.4, -0.2) is 69.5 Å². The van der Waals surface area contributed by atoms with Crippen molar-refractivity contribution in [2.24, 2.45) is 5.92 Å². The molecule has 2 aliphatic heterocycles. The summed E-state index contributed by atoms with van der Waals surface area (Å²) in [5.74, 6) is -0.576. The molecule has 2 aliphatic rings. The smallest absolute Gasteiger partial charge is 0.410 e. The Morgan fingerprint density at radius 2 is 1.69 bits per heavy atom. The Morgan fingerprint density at radius 1 is 1.09 bits per heavy atom. The van der Waals surface area contributed by atoms with E-state index in [0.29, 0.717) is 75.5 Å². The first-order valence-corrected chi connectivity index (χ1v) is 14.2. The molecule has 0 spiro atoms. The minimum Gasteiger partial charge on any atom is -0.487 e. The average molecular weight is 535 g/mol. The Bertz CT molecular complexity index is 860. The summed E-state index contributed by atoms with van der Waals surface area (Å²) in [5.41, 5.74) is 0.0717. The summed E-state index contributed by atoms with van der Waals surface area (Å²) in [6.45, 7) is 8.00. The van der Waals surface area contributed by atoms with E-state index in [1.54, 1.807) is 4.90 Å². The van der Waals surface area contributed by atoms with Gasteiger partial charge in [-0.15, -0.1) is 11.6 Å². The fourth-order valence-corrected chi connectivity index (χ4v) is 6.02. The molecule has 35 heavy (non-hydrogen) atoms. The first-order chi connectivity index (χ1) is 16.6. The topological polar surface area (TPSA) is 59.1 Å². The molecule has 1 amide bonds. The first kappa shape index (κ1) is 28.1. The molecule has 0 saturated carbocycles. The lowest BCUT2D eigenvalue weighted by Crippen LogP contribution is -2.42. The van der Waals surface area contributed by atoms with Crippen molar-refractivity contribution in [3.05, 3.63) is 29.3 Å². The number of amides is 1. The van der Waals surface area contributed by atoms with Gasteiger partial charge in [-0.1, -0.05) is 0 Å². The Kier molecular flexibility index (Phi) is 10.2. The average Bonchev–Trinajstić information content (AvgIpc) is 2.81. The maximum atomic E-state index is 14.8. The van der Waals surface area contributed by atoms with E-state index in [-0.39, 0.29) is 30.3 Å². The standard InChI is InChI=1S/C25H37ClF2N2O4S/c1-25(2,3)34-24(31)29-10-5-18(6-11-29)17-33-23-21(27)15-20(16-22(23)28)19-7-12-30(13-8-19)35(32)14-4-9-26/h15-16,18-19H,4-14,17H2,1-3H3. The van der Waals surface area contributed by atoms with Crippen LogP contribution in [0.3, 0.4) is 0 Å². The molecule has 10 heteroatoms. The number of likely N-dealkylation sites (tertiary alicyclic amines) is 1. The van der Waals surface area contributed by atoms with Crippen LogP contribution in [0.1, 0.15) is 64.4 Å². The molecule has 0 N–H and O–H groups in total. The molecule has 0 aliphatic carbocycles. The van der Waals surface area contributed by atoms with Crippen LogP contribution in [0.4, 0.5) is 13.6 Å². The summed E-state index contributed by atoms with van der Waals surface area (Å²) in [6.07, 6.45) is 3.13. The summed E-state index contributed by atoms with van der Waals surface area (Å²) in [7, 11) is -1.05. The number of carbonyl (C=O) groups is 1. The number of nitrogens with zero attached hydrogens (tertiary/aromatic N) is 2. The predicted octanol–water partition coefficient (Wildman–Crippen LogP) is 5.46. The van der Waals surface area contributed by atoms with Crippen molar-refractivity contribution in [2.45, 2.75) is 64.4 Å². The van der Waals surface area contributed by atoms with Crippen LogP contribution in [0.15, 0.2) is 12.1 Å². The van der Waals surface area contributed by atoms with Gasteiger partial charge in [0.05, 0.1) is 17.6 Å². The van der Waals surface area contributed by atoms with Gasteiger partial charge in [-0.05, 0) is 82.4 Å². The summed E-state index contributed by atoms with van der Waals surface area (Å²) in [5, 5.41) is 0. The van der Waals surface area contributed by atoms with Crippen molar-refractivity contribution < 1.29 is 27.3 Å². The predicted molar refractivity (Wildman–Crippen MR) is 134 cm³/mol. The Balaban J connectivity index is 1.48. The van der Waals surface area contributed by atoms with E-state index in [4.69, 9.17) is 21.1 Å². The minimum absolute atomic E-state index is 0.0199. The van der Waals surface area contributed by atoms with Gasteiger partial charge in [-0.2, -0.15) is 0 Å². The highest BCUT2D eigenvalue weighted by Gasteiger charge is 2.29. The lowest BCUT2D eigenvalue weighted by molar-refractivity contribution is 0.0163.